The maximum absolute atomic E-state index is 12.0. The molecule has 0 aromatic rings. The summed E-state index contributed by atoms with van der Waals surface area (Å²) in [5, 5.41) is 12.0. The molecule has 2 unspecified atom stereocenters. The number of rotatable bonds is 5. The number of fused-ring (bicyclic) bond motifs is 3. The van der Waals surface area contributed by atoms with Gasteiger partial charge in [-0.3, -0.25) is 9.69 Å². The molecule has 0 aromatic carbocycles. The maximum Gasteiger partial charge on any atom is 0.207 e. The first kappa shape index (κ1) is 20.6. The van der Waals surface area contributed by atoms with E-state index in [1.165, 1.54) is 18.0 Å². The van der Waals surface area contributed by atoms with Gasteiger partial charge in [-0.05, 0) is 0 Å². The Bertz CT molecular complexity index is 464. The molecule has 4 aliphatic rings. The number of ketones is 1. The quantitative estimate of drug-likeness (QED) is 0.188. The van der Waals surface area contributed by atoms with E-state index in [0.717, 1.165) is 43.4 Å². The van der Waals surface area contributed by atoms with E-state index in [-0.39, 0.29) is 40.1 Å². The number of piperidine rings is 3. The van der Waals surface area contributed by atoms with Crippen molar-refractivity contribution < 1.29 is 53.3 Å². The summed E-state index contributed by atoms with van der Waals surface area (Å²) in [6.45, 7) is 5.24. The van der Waals surface area contributed by atoms with Gasteiger partial charge in [-0.2, -0.15) is 0 Å². The van der Waals surface area contributed by atoms with E-state index in [1.54, 1.807) is 6.21 Å². The van der Waals surface area contributed by atoms with Crippen LogP contribution in [-0.4, -0.2) is 72.5 Å². The van der Waals surface area contributed by atoms with Crippen LogP contribution in [0.2, 0.25) is 0 Å². The topological polar surface area (TPSA) is 57.3 Å². The molecule has 4 aliphatic heterocycles. The van der Waals surface area contributed by atoms with Gasteiger partial charge in [0.1, 0.15) is 19.0 Å². The van der Waals surface area contributed by atoms with Crippen LogP contribution < -0.4 is 38.9 Å². The lowest BCUT2D eigenvalue weighted by Gasteiger charge is -2.48. The minimum atomic E-state index is 0. The molecular weight excluding hydrogens is 428 g/mol. The first-order chi connectivity index (χ1) is 10.1. The summed E-state index contributed by atoms with van der Waals surface area (Å²) < 4.78 is 1.01. The number of nitrogens with zero attached hydrogens (tertiary/aromatic N) is 3. The van der Waals surface area contributed by atoms with E-state index in [2.05, 4.69) is 16.3 Å². The lowest BCUT2D eigenvalue weighted by atomic mass is 9.84. The van der Waals surface area contributed by atoms with Crippen LogP contribution in [0.1, 0.15) is 19.3 Å². The summed E-state index contributed by atoms with van der Waals surface area (Å²) in [6.07, 6.45) is 9.11. The molecule has 6 nitrogen and oxygen atoms in total. The Hall–Kier alpha value is -0.440. The van der Waals surface area contributed by atoms with Gasteiger partial charge in [0.2, 0.25) is 6.17 Å². The summed E-state index contributed by atoms with van der Waals surface area (Å²) in [4.78, 5) is 15.3. The smallest absolute Gasteiger partial charge is 0.207 e. The SMILES string of the molecule is CN1C=C[NH+](CCC[N+]23CCC(CC2)C(=O)C3)C1/C=N\O.[Br-].[Br-]. The maximum atomic E-state index is 12.0. The van der Waals surface area contributed by atoms with Crippen molar-refractivity contribution in [1.29, 1.82) is 0 Å². The Morgan fingerprint density at radius 3 is 2.74 bits per heavy atom. The number of hydrogen-bond acceptors (Lipinski definition) is 4. The van der Waals surface area contributed by atoms with Crippen molar-refractivity contribution in [3.63, 3.8) is 0 Å². The number of oxime groups is 1. The number of carbonyl (C=O) groups is 1. The van der Waals surface area contributed by atoms with Crippen LogP contribution in [0.4, 0.5) is 0 Å². The van der Waals surface area contributed by atoms with Gasteiger partial charge in [0.05, 0.1) is 32.4 Å². The van der Waals surface area contributed by atoms with Crippen molar-refractivity contribution in [3.8, 4) is 0 Å². The van der Waals surface area contributed by atoms with Crippen LogP contribution in [0.15, 0.2) is 17.6 Å². The lowest BCUT2D eigenvalue weighted by Crippen LogP contribution is -3.12. The minimum absolute atomic E-state index is 0. The highest BCUT2D eigenvalue weighted by atomic mass is 79.9. The van der Waals surface area contributed by atoms with Crippen LogP contribution in [0, 0.1) is 5.92 Å². The fourth-order valence-electron chi connectivity index (χ4n) is 4.14. The molecule has 3 saturated heterocycles. The molecule has 0 aromatic heterocycles. The van der Waals surface area contributed by atoms with E-state index in [0.29, 0.717) is 11.7 Å². The molecule has 2 bridgehead atoms. The molecule has 0 amide bonds. The number of Topliss-reactive ketones (excluding diaryl/α,β-unsaturated/α-hetero) is 1. The first-order valence-electron chi connectivity index (χ1n) is 7.95. The zero-order valence-corrected chi connectivity index (χ0v) is 16.7. The average molecular weight is 454 g/mol. The van der Waals surface area contributed by atoms with Crippen molar-refractivity contribution in [3.05, 3.63) is 12.4 Å². The Morgan fingerprint density at radius 2 is 2.13 bits per heavy atom. The molecule has 2 atom stereocenters. The fourth-order valence-corrected chi connectivity index (χ4v) is 4.14. The van der Waals surface area contributed by atoms with Crippen molar-refractivity contribution >= 4 is 12.0 Å². The molecule has 23 heavy (non-hydrogen) atoms. The third kappa shape index (κ3) is 4.35. The molecule has 8 heteroatoms. The van der Waals surface area contributed by atoms with Crippen LogP contribution in [0.3, 0.4) is 0 Å². The summed E-state index contributed by atoms with van der Waals surface area (Å²) in [5.74, 6) is 0.863. The van der Waals surface area contributed by atoms with Crippen LogP contribution in [-0.2, 0) is 4.79 Å². The van der Waals surface area contributed by atoms with Gasteiger partial charge in [-0.1, -0.05) is 5.16 Å². The van der Waals surface area contributed by atoms with Gasteiger partial charge in [0.15, 0.2) is 5.78 Å². The molecule has 0 radical (unpaired) electrons. The van der Waals surface area contributed by atoms with E-state index in [4.69, 9.17) is 5.21 Å². The molecule has 0 saturated carbocycles. The highest BCUT2D eigenvalue weighted by Gasteiger charge is 2.44. The standard InChI is InChI=1S/C15H24N4O2.2BrH/c1-17-6-7-18(15(17)11-16-21)5-2-8-19-9-3-13(4-10-19)14(20)12-19;;/h6-7,11,13,15H,2-5,8-10,12H2,1H3;2*1H/b16-11-;;. The Kier molecular flexibility index (Phi) is 7.70. The highest BCUT2D eigenvalue weighted by molar-refractivity contribution is 5.83. The molecule has 4 heterocycles. The Labute approximate surface area is 158 Å². The molecule has 132 valence electrons. The van der Waals surface area contributed by atoms with E-state index in [1.807, 2.05) is 13.2 Å². The number of halogens is 2. The molecule has 4 rings (SSSR count). The van der Waals surface area contributed by atoms with E-state index >= 15 is 0 Å². The van der Waals surface area contributed by atoms with Crippen LogP contribution in [0.25, 0.3) is 0 Å². The highest BCUT2D eigenvalue weighted by Crippen LogP contribution is 2.31. The minimum Gasteiger partial charge on any atom is -1.00 e. The molecular formula is C15H26Br2N4O2. The molecule has 3 fully saturated rings. The summed E-state index contributed by atoms with van der Waals surface area (Å²) in [5.41, 5.74) is 0. The lowest BCUT2D eigenvalue weighted by molar-refractivity contribution is -0.936. The second-order valence-electron chi connectivity index (χ2n) is 6.78. The predicted molar refractivity (Wildman–Crippen MR) is 78.9 cm³/mol. The molecule has 0 spiro atoms. The third-order valence-corrected chi connectivity index (χ3v) is 5.50. The monoisotopic (exact) mass is 452 g/mol. The predicted octanol–water partition coefficient (Wildman–Crippen LogP) is -6.72. The summed E-state index contributed by atoms with van der Waals surface area (Å²) in [7, 11) is 1.99. The van der Waals surface area contributed by atoms with Gasteiger partial charge in [0, 0.05) is 32.2 Å². The third-order valence-electron chi connectivity index (χ3n) is 5.50. The van der Waals surface area contributed by atoms with Gasteiger partial charge >= 0.3 is 0 Å². The average Bonchev–Trinajstić information content (AvgIpc) is 2.82. The zero-order valence-electron chi connectivity index (χ0n) is 13.5. The van der Waals surface area contributed by atoms with Crippen LogP contribution >= 0.6 is 0 Å². The Morgan fingerprint density at radius 1 is 1.43 bits per heavy atom. The van der Waals surface area contributed by atoms with Crippen molar-refractivity contribution in [1.82, 2.24) is 4.90 Å². The first-order valence-corrected chi connectivity index (χ1v) is 7.95. The second kappa shape index (κ2) is 8.60. The van der Waals surface area contributed by atoms with Gasteiger partial charge in [-0.15, -0.1) is 0 Å². The van der Waals surface area contributed by atoms with E-state index in [9.17, 15) is 4.79 Å². The normalized spacial score (nSPS) is 35.4. The van der Waals surface area contributed by atoms with E-state index < -0.39 is 0 Å². The van der Waals surface area contributed by atoms with Crippen molar-refractivity contribution in [2.24, 2.45) is 11.1 Å². The summed E-state index contributed by atoms with van der Waals surface area (Å²) >= 11 is 0. The number of quaternary nitrogens is 2. The Balaban J connectivity index is 0.00000132. The largest absolute Gasteiger partial charge is 1.00 e. The zero-order chi connectivity index (χ0) is 14.9. The van der Waals surface area contributed by atoms with Crippen LogP contribution in [0.5, 0.6) is 0 Å². The van der Waals surface area contributed by atoms with Gasteiger partial charge < -0.3 is 48.6 Å². The number of nitrogens with one attached hydrogen (secondary N) is 1. The summed E-state index contributed by atoms with van der Waals surface area (Å²) in [6, 6.07) is 0. The molecule has 0 aliphatic carbocycles. The second-order valence-corrected chi connectivity index (χ2v) is 6.78. The van der Waals surface area contributed by atoms with Crippen molar-refractivity contribution in [2.45, 2.75) is 25.4 Å². The fraction of sp³-hybridized carbons (Fsp3) is 0.733. The van der Waals surface area contributed by atoms with Gasteiger partial charge in [-0.25, -0.2) is 0 Å². The molecule has 2 N–H and O–H groups in total. The van der Waals surface area contributed by atoms with Crippen molar-refractivity contribution in [2.75, 3.05) is 39.8 Å². The number of hydrogen-bond donors (Lipinski definition) is 2. The number of carbonyl (C=O) groups excluding carboxylic acids is 1. The van der Waals surface area contributed by atoms with Gasteiger partial charge in [0.25, 0.3) is 0 Å².